The van der Waals surface area contributed by atoms with E-state index in [1.165, 1.54) is 0 Å². The van der Waals surface area contributed by atoms with Gasteiger partial charge in [0, 0.05) is 13.2 Å². The predicted molar refractivity (Wildman–Crippen MR) is 71.7 cm³/mol. The van der Waals surface area contributed by atoms with Crippen LogP contribution >= 0.6 is 0 Å². The van der Waals surface area contributed by atoms with Crippen molar-refractivity contribution in [2.75, 3.05) is 19.8 Å². The Labute approximate surface area is 115 Å². The Morgan fingerprint density at radius 1 is 1.21 bits per heavy atom. The van der Waals surface area contributed by atoms with Crippen molar-refractivity contribution >= 4 is 0 Å². The lowest BCUT2D eigenvalue weighted by Gasteiger charge is -2.19. The van der Waals surface area contributed by atoms with Crippen molar-refractivity contribution in [1.82, 2.24) is 15.0 Å². The van der Waals surface area contributed by atoms with Crippen LogP contribution in [0.5, 0.6) is 0 Å². The van der Waals surface area contributed by atoms with E-state index in [9.17, 15) is 0 Å². The van der Waals surface area contributed by atoms with Gasteiger partial charge in [-0.2, -0.15) is 0 Å². The first-order valence-corrected chi connectivity index (χ1v) is 6.73. The van der Waals surface area contributed by atoms with E-state index in [2.05, 4.69) is 10.3 Å². The van der Waals surface area contributed by atoms with Crippen LogP contribution in [0.2, 0.25) is 0 Å². The molecule has 0 aliphatic carbocycles. The minimum absolute atomic E-state index is 0.136. The van der Waals surface area contributed by atoms with Crippen molar-refractivity contribution in [3.63, 3.8) is 0 Å². The Morgan fingerprint density at radius 2 is 1.84 bits per heavy atom. The molecule has 0 aliphatic heterocycles. The van der Waals surface area contributed by atoms with Crippen molar-refractivity contribution in [2.45, 2.75) is 53.1 Å². The molecule has 1 aromatic heterocycles. The molecule has 0 spiro atoms. The Balaban J connectivity index is 2.50. The topological polar surface area (TPSA) is 58.4 Å². The third-order valence-electron chi connectivity index (χ3n) is 2.29. The minimum atomic E-state index is -0.438. The van der Waals surface area contributed by atoms with E-state index in [0.29, 0.717) is 32.1 Å². The van der Waals surface area contributed by atoms with Crippen LogP contribution in [0.25, 0.3) is 0 Å². The number of hydrogen-bond acceptors (Lipinski definition) is 5. The zero-order chi connectivity index (χ0) is 14.3. The summed E-state index contributed by atoms with van der Waals surface area (Å²) >= 11 is 0. The van der Waals surface area contributed by atoms with Gasteiger partial charge in [-0.3, -0.25) is 0 Å². The third kappa shape index (κ3) is 6.13. The van der Waals surface area contributed by atoms with Crippen LogP contribution in [-0.4, -0.2) is 40.4 Å². The molecular formula is C13H25N3O3. The summed E-state index contributed by atoms with van der Waals surface area (Å²) < 4.78 is 18.3. The zero-order valence-electron chi connectivity index (χ0n) is 12.5. The SMILES string of the molecule is CCOC(OCC)c1cn(CCOC(C)(C)C)nn1. The number of rotatable bonds is 8. The molecule has 6 nitrogen and oxygen atoms in total. The molecule has 0 bridgehead atoms. The molecule has 0 unspecified atom stereocenters. The van der Waals surface area contributed by atoms with E-state index in [-0.39, 0.29) is 5.60 Å². The Kier molecular flexibility index (Phi) is 6.41. The van der Waals surface area contributed by atoms with Gasteiger partial charge in [-0.15, -0.1) is 5.10 Å². The average molecular weight is 271 g/mol. The number of ether oxygens (including phenoxy) is 3. The van der Waals surface area contributed by atoms with Crippen LogP contribution in [0.15, 0.2) is 6.20 Å². The van der Waals surface area contributed by atoms with Crippen molar-refractivity contribution in [1.29, 1.82) is 0 Å². The van der Waals surface area contributed by atoms with Crippen molar-refractivity contribution in [2.24, 2.45) is 0 Å². The van der Waals surface area contributed by atoms with Gasteiger partial charge in [0.2, 0.25) is 6.29 Å². The van der Waals surface area contributed by atoms with E-state index in [1.54, 1.807) is 4.68 Å². The summed E-state index contributed by atoms with van der Waals surface area (Å²) in [5.41, 5.74) is 0.558. The van der Waals surface area contributed by atoms with Crippen LogP contribution in [0, 0.1) is 0 Å². The Hall–Kier alpha value is -0.980. The van der Waals surface area contributed by atoms with Gasteiger partial charge >= 0.3 is 0 Å². The maximum Gasteiger partial charge on any atom is 0.204 e. The molecule has 0 aromatic carbocycles. The summed E-state index contributed by atoms with van der Waals surface area (Å²) in [7, 11) is 0. The van der Waals surface area contributed by atoms with Crippen molar-refractivity contribution in [3.8, 4) is 0 Å². The standard InChI is InChI=1S/C13H25N3O3/c1-6-17-12(18-7-2)11-10-16(15-14-11)8-9-19-13(3,4)5/h10,12H,6-9H2,1-5H3. The second-order valence-electron chi connectivity index (χ2n) is 5.11. The molecule has 6 heteroatoms. The Morgan fingerprint density at radius 3 is 2.37 bits per heavy atom. The lowest BCUT2D eigenvalue weighted by Crippen LogP contribution is -2.22. The summed E-state index contributed by atoms with van der Waals surface area (Å²) in [6, 6.07) is 0. The highest BCUT2D eigenvalue weighted by Crippen LogP contribution is 2.15. The van der Waals surface area contributed by atoms with Crippen LogP contribution in [0.1, 0.15) is 46.6 Å². The molecule has 110 valence electrons. The molecule has 0 atom stereocenters. The zero-order valence-corrected chi connectivity index (χ0v) is 12.5. The van der Waals surface area contributed by atoms with Gasteiger partial charge in [-0.25, -0.2) is 4.68 Å². The molecule has 0 aliphatic rings. The van der Waals surface area contributed by atoms with Gasteiger partial charge in [0.15, 0.2) is 0 Å². The summed E-state index contributed by atoms with van der Waals surface area (Å²) in [5.74, 6) is 0. The largest absolute Gasteiger partial charge is 0.374 e. The van der Waals surface area contributed by atoms with Gasteiger partial charge in [0.1, 0.15) is 5.69 Å². The van der Waals surface area contributed by atoms with E-state index in [4.69, 9.17) is 14.2 Å². The lowest BCUT2D eigenvalue weighted by atomic mass is 10.2. The monoisotopic (exact) mass is 271 g/mol. The molecule has 0 N–H and O–H groups in total. The first kappa shape index (κ1) is 16.1. The van der Waals surface area contributed by atoms with Gasteiger partial charge in [0.05, 0.1) is 24.9 Å². The molecule has 0 saturated heterocycles. The predicted octanol–water partition coefficient (Wildman–Crippen LogP) is 2.16. The van der Waals surface area contributed by atoms with Gasteiger partial charge in [0.25, 0.3) is 0 Å². The number of nitrogens with zero attached hydrogens (tertiary/aromatic N) is 3. The summed E-state index contributed by atoms with van der Waals surface area (Å²) in [4.78, 5) is 0. The molecule has 0 saturated carbocycles. The summed E-state index contributed by atoms with van der Waals surface area (Å²) in [5, 5.41) is 8.12. The molecule has 0 fully saturated rings. The van der Waals surface area contributed by atoms with E-state index < -0.39 is 6.29 Å². The molecule has 19 heavy (non-hydrogen) atoms. The highest BCUT2D eigenvalue weighted by atomic mass is 16.7. The fourth-order valence-corrected chi connectivity index (χ4v) is 1.50. The first-order valence-electron chi connectivity index (χ1n) is 6.73. The quantitative estimate of drug-likeness (QED) is 0.678. The van der Waals surface area contributed by atoms with Crippen LogP contribution in [0.4, 0.5) is 0 Å². The van der Waals surface area contributed by atoms with Crippen molar-refractivity contribution in [3.05, 3.63) is 11.9 Å². The van der Waals surface area contributed by atoms with E-state index in [1.807, 2.05) is 40.8 Å². The maximum atomic E-state index is 5.65. The fourth-order valence-electron chi connectivity index (χ4n) is 1.50. The van der Waals surface area contributed by atoms with Gasteiger partial charge < -0.3 is 14.2 Å². The molecule has 0 radical (unpaired) electrons. The summed E-state index contributed by atoms with van der Waals surface area (Å²) in [6.07, 6.45) is 1.40. The molecular weight excluding hydrogens is 246 g/mol. The molecule has 1 aromatic rings. The van der Waals surface area contributed by atoms with E-state index >= 15 is 0 Å². The highest BCUT2D eigenvalue weighted by molar-refractivity contribution is 4.94. The van der Waals surface area contributed by atoms with Crippen LogP contribution in [-0.2, 0) is 20.8 Å². The average Bonchev–Trinajstić information content (AvgIpc) is 2.76. The van der Waals surface area contributed by atoms with Gasteiger partial charge in [-0.05, 0) is 34.6 Å². The van der Waals surface area contributed by atoms with Crippen molar-refractivity contribution < 1.29 is 14.2 Å². The maximum absolute atomic E-state index is 5.65. The van der Waals surface area contributed by atoms with Gasteiger partial charge in [-0.1, -0.05) is 5.21 Å². The lowest BCUT2D eigenvalue weighted by molar-refractivity contribution is -0.142. The third-order valence-corrected chi connectivity index (χ3v) is 2.29. The first-order chi connectivity index (χ1) is 8.96. The normalized spacial score (nSPS) is 12.3. The molecule has 0 amide bonds. The Bertz CT molecular complexity index is 354. The minimum Gasteiger partial charge on any atom is -0.374 e. The van der Waals surface area contributed by atoms with Crippen LogP contribution in [0.3, 0.4) is 0 Å². The smallest absolute Gasteiger partial charge is 0.204 e. The summed E-state index contributed by atoms with van der Waals surface area (Å²) in [6.45, 7) is 12.3. The second kappa shape index (κ2) is 7.57. The highest BCUT2D eigenvalue weighted by Gasteiger charge is 2.16. The number of hydrogen-bond donors (Lipinski definition) is 0. The molecule has 1 rings (SSSR count). The van der Waals surface area contributed by atoms with E-state index in [0.717, 1.165) is 0 Å². The number of aromatic nitrogens is 3. The van der Waals surface area contributed by atoms with Crippen LogP contribution < -0.4 is 0 Å². The second-order valence-corrected chi connectivity index (χ2v) is 5.11. The fraction of sp³-hybridized carbons (Fsp3) is 0.846. The molecule has 1 heterocycles.